The number of para-hydroxylation sites is 1. The second-order valence-corrected chi connectivity index (χ2v) is 18.4. The summed E-state index contributed by atoms with van der Waals surface area (Å²) >= 11 is 0. The van der Waals surface area contributed by atoms with E-state index in [0.717, 1.165) is 57.1 Å². The average Bonchev–Trinajstić information content (AvgIpc) is 3.44. The third kappa shape index (κ3) is 5.09. The standard InChI is InChI=1S/C42H61N3O4/c1-28-17-22-42(36(47)49-26-12-11-25-45-37(48)44(27-43-45)30-13-9-8-10-14-30)24-23-40(6)31(35(42)29(28)2)15-16-33-39(5)20-19-34(46)38(3,4)32(39)18-21-41(33,40)7/h8-10,13-15,27-29,32-35,46H,11-12,16-26H2,1-7H3/t28-,29+,32+,33-,34+,35+,39+,40-,41-,42+/m1/s1. The number of hydrogen-bond donors (Lipinski definition) is 1. The molecule has 0 saturated heterocycles. The monoisotopic (exact) mass is 671 g/mol. The van der Waals surface area contributed by atoms with Crippen molar-refractivity contribution in [2.75, 3.05) is 6.61 Å². The van der Waals surface area contributed by atoms with Crippen molar-refractivity contribution in [2.45, 2.75) is 132 Å². The molecule has 5 aliphatic rings. The van der Waals surface area contributed by atoms with Gasteiger partial charge in [-0.2, -0.15) is 5.10 Å². The van der Waals surface area contributed by atoms with E-state index in [1.165, 1.54) is 17.5 Å². The van der Waals surface area contributed by atoms with Crippen LogP contribution in [0, 0.1) is 56.7 Å². The smallest absolute Gasteiger partial charge is 0.350 e. The van der Waals surface area contributed by atoms with Crippen LogP contribution in [0.15, 0.2) is 53.1 Å². The van der Waals surface area contributed by atoms with Crippen LogP contribution in [0.4, 0.5) is 0 Å². The Hall–Kier alpha value is -2.67. The van der Waals surface area contributed by atoms with E-state index in [0.29, 0.717) is 43.2 Å². The van der Waals surface area contributed by atoms with Gasteiger partial charge in [-0.15, -0.1) is 0 Å². The number of nitrogens with zero attached hydrogens (tertiary/aromatic N) is 3. The molecule has 4 fully saturated rings. The molecule has 49 heavy (non-hydrogen) atoms. The van der Waals surface area contributed by atoms with Crippen molar-refractivity contribution >= 4 is 5.97 Å². The maximum Gasteiger partial charge on any atom is 0.350 e. The molecule has 0 spiro atoms. The minimum absolute atomic E-state index is 0.00990. The number of carbonyl (C=O) groups is 1. The molecule has 4 saturated carbocycles. The first-order valence-electron chi connectivity index (χ1n) is 19.5. The van der Waals surface area contributed by atoms with Gasteiger partial charge >= 0.3 is 11.7 Å². The molecule has 1 N–H and O–H groups in total. The fraction of sp³-hybridized carbons (Fsp3) is 0.738. The number of fused-ring (bicyclic) bond motifs is 7. The molecule has 0 unspecified atom stereocenters. The van der Waals surface area contributed by atoms with Gasteiger partial charge in [0, 0.05) is 6.54 Å². The van der Waals surface area contributed by atoms with Crippen molar-refractivity contribution in [2.24, 2.45) is 56.7 Å². The summed E-state index contributed by atoms with van der Waals surface area (Å²) in [7, 11) is 0. The molecule has 2 aromatic rings. The Morgan fingerprint density at radius 3 is 2.45 bits per heavy atom. The molecular formula is C42H61N3O4. The fourth-order valence-corrected chi connectivity index (χ4v) is 12.8. The average molecular weight is 672 g/mol. The number of esters is 1. The van der Waals surface area contributed by atoms with E-state index >= 15 is 0 Å². The number of unbranched alkanes of at least 4 members (excludes halogenated alkanes) is 1. The van der Waals surface area contributed by atoms with Gasteiger partial charge in [0.1, 0.15) is 6.33 Å². The summed E-state index contributed by atoms with van der Waals surface area (Å²) in [4.78, 5) is 27.3. The zero-order valence-corrected chi connectivity index (χ0v) is 31.2. The minimum atomic E-state index is -0.454. The number of carbonyl (C=O) groups excluding carboxylic acids is 1. The van der Waals surface area contributed by atoms with Crippen LogP contribution < -0.4 is 5.69 Å². The molecule has 1 aromatic carbocycles. The maximum atomic E-state index is 14.4. The highest BCUT2D eigenvalue weighted by Gasteiger charge is 2.69. The largest absolute Gasteiger partial charge is 0.465 e. The quantitative estimate of drug-likeness (QED) is 0.182. The number of allylic oxidation sites excluding steroid dienone is 2. The number of aliphatic hydroxyl groups is 1. The topological polar surface area (TPSA) is 86.4 Å². The molecule has 1 aromatic heterocycles. The van der Waals surface area contributed by atoms with Gasteiger partial charge in [0.25, 0.3) is 0 Å². The van der Waals surface area contributed by atoms with Crippen molar-refractivity contribution in [1.29, 1.82) is 0 Å². The highest BCUT2D eigenvalue weighted by molar-refractivity contribution is 5.79. The van der Waals surface area contributed by atoms with E-state index in [1.54, 1.807) is 16.5 Å². The highest BCUT2D eigenvalue weighted by atomic mass is 16.5. The van der Waals surface area contributed by atoms with E-state index in [4.69, 9.17) is 4.74 Å². The SMILES string of the molecule is C[C@H]1[C@H](C)CC[C@]2(C(=O)OCCCCn3ncn(-c4ccccc4)c3=O)CC[C@]3(C)C(=CC[C@@H]4[C@@]5(C)CC[C@H](O)C(C)(C)[C@@H]5CC[C@]43C)[C@H]12. The fourth-order valence-electron chi connectivity index (χ4n) is 12.8. The van der Waals surface area contributed by atoms with Gasteiger partial charge in [-0.3, -0.25) is 4.79 Å². The van der Waals surface area contributed by atoms with E-state index in [-0.39, 0.29) is 45.3 Å². The lowest BCUT2D eigenvalue weighted by Crippen LogP contribution is -2.65. The Kier molecular flexibility index (Phi) is 8.68. The summed E-state index contributed by atoms with van der Waals surface area (Å²) in [5, 5.41) is 15.4. The second kappa shape index (κ2) is 12.2. The number of hydrogen-bond acceptors (Lipinski definition) is 5. The summed E-state index contributed by atoms with van der Waals surface area (Å²) in [5.74, 6) is 2.34. The summed E-state index contributed by atoms with van der Waals surface area (Å²) in [6.07, 6.45) is 14.8. The van der Waals surface area contributed by atoms with Crippen molar-refractivity contribution in [3.63, 3.8) is 0 Å². The molecular weight excluding hydrogens is 610 g/mol. The Labute approximate surface area is 293 Å². The van der Waals surface area contributed by atoms with E-state index < -0.39 is 5.41 Å². The van der Waals surface area contributed by atoms with Crippen molar-refractivity contribution < 1.29 is 14.6 Å². The van der Waals surface area contributed by atoms with Crippen molar-refractivity contribution in [3.05, 3.63) is 58.8 Å². The third-order valence-corrected chi connectivity index (χ3v) is 16.1. The van der Waals surface area contributed by atoms with Crippen LogP contribution in [0.1, 0.15) is 119 Å². The molecule has 0 aliphatic heterocycles. The highest BCUT2D eigenvalue weighted by Crippen LogP contribution is 2.75. The van der Waals surface area contributed by atoms with Gasteiger partial charge in [-0.25, -0.2) is 14.0 Å². The number of rotatable bonds is 7. The van der Waals surface area contributed by atoms with Crippen LogP contribution in [0.3, 0.4) is 0 Å². The summed E-state index contributed by atoms with van der Waals surface area (Å²) in [5.41, 5.74) is 2.15. The summed E-state index contributed by atoms with van der Waals surface area (Å²) < 4.78 is 9.30. The number of ether oxygens (including phenoxy) is 1. The van der Waals surface area contributed by atoms with E-state index in [2.05, 4.69) is 59.6 Å². The summed E-state index contributed by atoms with van der Waals surface area (Å²) in [6, 6.07) is 9.55. The van der Waals surface area contributed by atoms with Crippen molar-refractivity contribution in [3.8, 4) is 5.69 Å². The lowest BCUT2D eigenvalue weighted by atomic mass is 9.33. The van der Waals surface area contributed by atoms with E-state index in [1.807, 2.05) is 30.3 Å². The first kappa shape index (κ1) is 34.8. The van der Waals surface area contributed by atoms with Crippen molar-refractivity contribution in [1.82, 2.24) is 14.3 Å². The predicted octanol–water partition coefficient (Wildman–Crippen LogP) is 8.38. The molecule has 10 atom stereocenters. The zero-order chi connectivity index (χ0) is 35.0. The van der Waals surface area contributed by atoms with Gasteiger partial charge in [0.05, 0.1) is 23.8 Å². The first-order chi connectivity index (χ1) is 23.2. The Morgan fingerprint density at radius 2 is 1.69 bits per heavy atom. The normalized spacial score (nSPS) is 41.0. The van der Waals surface area contributed by atoms with Crippen LogP contribution in [0.25, 0.3) is 5.69 Å². The molecule has 7 nitrogen and oxygen atoms in total. The van der Waals surface area contributed by atoms with Crippen LogP contribution in [-0.4, -0.2) is 38.1 Å². The number of aromatic nitrogens is 3. The molecule has 1 heterocycles. The molecule has 0 bridgehead atoms. The van der Waals surface area contributed by atoms with Crippen LogP contribution >= 0.6 is 0 Å². The van der Waals surface area contributed by atoms with Crippen LogP contribution in [-0.2, 0) is 16.1 Å². The second-order valence-electron chi connectivity index (χ2n) is 18.4. The van der Waals surface area contributed by atoms with Gasteiger partial charge in [0.2, 0.25) is 0 Å². The van der Waals surface area contributed by atoms with Gasteiger partial charge in [-0.1, -0.05) is 78.3 Å². The Morgan fingerprint density at radius 1 is 0.939 bits per heavy atom. The molecule has 7 heteroatoms. The van der Waals surface area contributed by atoms with E-state index in [9.17, 15) is 14.7 Å². The number of benzene rings is 1. The minimum Gasteiger partial charge on any atom is -0.465 e. The molecule has 7 rings (SSSR count). The van der Waals surface area contributed by atoms with Crippen LogP contribution in [0.2, 0.25) is 0 Å². The third-order valence-electron chi connectivity index (χ3n) is 16.1. The number of aliphatic hydroxyl groups excluding tert-OH is 1. The molecule has 268 valence electrons. The van der Waals surface area contributed by atoms with Gasteiger partial charge < -0.3 is 9.84 Å². The lowest BCUT2D eigenvalue weighted by Gasteiger charge is -2.71. The molecule has 0 radical (unpaired) electrons. The predicted molar refractivity (Wildman–Crippen MR) is 193 cm³/mol. The zero-order valence-electron chi connectivity index (χ0n) is 31.2. The van der Waals surface area contributed by atoms with Gasteiger partial charge in [-0.05, 0) is 134 Å². The Bertz CT molecular complexity index is 1640. The van der Waals surface area contributed by atoms with Gasteiger partial charge in [0.15, 0.2) is 0 Å². The lowest BCUT2D eigenvalue weighted by molar-refractivity contribution is -0.207. The molecule has 5 aliphatic carbocycles. The first-order valence-corrected chi connectivity index (χ1v) is 19.5. The maximum absolute atomic E-state index is 14.4. The van der Waals surface area contributed by atoms with Crippen LogP contribution in [0.5, 0.6) is 0 Å². The Balaban J connectivity index is 1.08. The molecule has 0 amide bonds. The summed E-state index contributed by atoms with van der Waals surface area (Å²) in [6.45, 7) is 18.1. The number of aryl methyl sites for hydroxylation is 1.